The Bertz CT molecular complexity index is 630. The summed E-state index contributed by atoms with van der Waals surface area (Å²) in [7, 11) is 0. The number of nitrogens with one attached hydrogen (secondary N) is 1. The topological polar surface area (TPSA) is 55.1 Å². The van der Waals surface area contributed by atoms with Crippen LogP contribution in [0.2, 0.25) is 5.02 Å². The zero-order valence-electron chi connectivity index (χ0n) is 11.5. The number of halogens is 2. The van der Waals surface area contributed by atoms with E-state index in [1.807, 2.05) is 25.1 Å². The van der Waals surface area contributed by atoms with Crippen molar-refractivity contribution in [1.82, 2.24) is 5.32 Å². The first-order valence-electron chi connectivity index (χ1n) is 6.54. The van der Waals surface area contributed by atoms with E-state index < -0.39 is 11.9 Å². The second-order valence-corrected chi connectivity index (χ2v) is 5.20. The molecule has 0 saturated carbocycles. The van der Waals surface area contributed by atoms with Gasteiger partial charge >= 0.3 is 0 Å². The van der Waals surface area contributed by atoms with E-state index in [0.29, 0.717) is 10.6 Å². The Hall–Kier alpha value is -1.91. The first-order chi connectivity index (χ1) is 9.99. The van der Waals surface area contributed by atoms with E-state index in [1.165, 1.54) is 24.3 Å². The van der Waals surface area contributed by atoms with Gasteiger partial charge in [0, 0.05) is 11.1 Å². The molecule has 2 aromatic rings. The van der Waals surface area contributed by atoms with Gasteiger partial charge in [0.05, 0.1) is 0 Å². The van der Waals surface area contributed by atoms with Crippen molar-refractivity contribution >= 4 is 17.5 Å². The van der Waals surface area contributed by atoms with Crippen LogP contribution in [-0.2, 0) is 4.79 Å². The summed E-state index contributed by atoms with van der Waals surface area (Å²) in [6.45, 7) is 1.89. The lowest BCUT2D eigenvalue weighted by atomic mass is 10.0. The van der Waals surface area contributed by atoms with Gasteiger partial charge in [0.25, 0.3) is 0 Å². The van der Waals surface area contributed by atoms with E-state index in [1.54, 1.807) is 6.07 Å². The highest BCUT2D eigenvalue weighted by Gasteiger charge is 2.21. The molecule has 0 spiro atoms. The third-order valence-corrected chi connectivity index (χ3v) is 3.62. The van der Waals surface area contributed by atoms with E-state index in [9.17, 15) is 9.18 Å². The molecule has 3 nitrogen and oxygen atoms in total. The first-order valence-corrected chi connectivity index (χ1v) is 6.92. The largest absolute Gasteiger partial charge is 0.368 e. The Balaban J connectivity index is 2.23. The van der Waals surface area contributed by atoms with Gasteiger partial charge in [-0.3, -0.25) is 10.1 Å². The Morgan fingerprint density at radius 2 is 1.81 bits per heavy atom. The Labute approximate surface area is 127 Å². The van der Waals surface area contributed by atoms with E-state index in [2.05, 4.69) is 5.32 Å². The van der Waals surface area contributed by atoms with Crippen LogP contribution in [0.15, 0.2) is 48.5 Å². The lowest BCUT2D eigenvalue weighted by Crippen LogP contribution is -2.35. The number of amides is 1. The molecule has 2 unspecified atom stereocenters. The van der Waals surface area contributed by atoms with Crippen LogP contribution in [0.3, 0.4) is 0 Å². The molecule has 2 rings (SSSR count). The number of benzene rings is 2. The molecule has 1 amide bonds. The van der Waals surface area contributed by atoms with Crippen molar-refractivity contribution in [2.45, 2.75) is 19.0 Å². The molecule has 0 aliphatic carbocycles. The minimum Gasteiger partial charge on any atom is -0.368 e. The molecule has 0 aromatic heterocycles. The SMILES string of the molecule is CC(NC(C(N)=O)c1ccc(F)cc1)c1ccccc1Cl. The Morgan fingerprint density at radius 1 is 1.19 bits per heavy atom. The Kier molecular flexibility index (Phi) is 4.94. The number of hydrogen-bond acceptors (Lipinski definition) is 2. The Morgan fingerprint density at radius 3 is 2.38 bits per heavy atom. The van der Waals surface area contributed by atoms with Gasteiger partial charge in [0.15, 0.2) is 0 Å². The van der Waals surface area contributed by atoms with Gasteiger partial charge in [-0.15, -0.1) is 0 Å². The summed E-state index contributed by atoms with van der Waals surface area (Å²) in [6.07, 6.45) is 0. The highest BCUT2D eigenvalue weighted by molar-refractivity contribution is 6.31. The molecule has 3 N–H and O–H groups in total. The first kappa shape index (κ1) is 15.5. The summed E-state index contributed by atoms with van der Waals surface area (Å²) in [6, 6.07) is 12.2. The van der Waals surface area contributed by atoms with Gasteiger partial charge in [-0.05, 0) is 36.2 Å². The maximum Gasteiger partial charge on any atom is 0.239 e. The van der Waals surface area contributed by atoms with E-state index in [-0.39, 0.29) is 11.9 Å². The molecule has 5 heteroatoms. The van der Waals surface area contributed by atoms with Crippen LogP contribution in [0.4, 0.5) is 4.39 Å². The van der Waals surface area contributed by atoms with Crippen molar-refractivity contribution in [3.05, 3.63) is 70.5 Å². The maximum absolute atomic E-state index is 13.0. The van der Waals surface area contributed by atoms with Crippen molar-refractivity contribution < 1.29 is 9.18 Å². The third-order valence-electron chi connectivity index (χ3n) is 3.28. The quantitative estimate of drug-likeness (QED) is 0.890. The van der Waals surface area contributed by atoms with Crippen molar-refractivity contribution in [2.24, 2.45) is 5.73 Å². The molecule has 0 bridgehead atoms. The number of nitrogens with two attached hydrogens (primary N) is 1. The van der Waals surface area contributed by atoms with Crippen LogP contribution in [-0.4, -0.2) is 5.91 Å². The fourth-order valence-electron chi connectivity index (χ4n) is 2.16. The fraction of sp³-hybridized carbons (Fsp3) is 0.188. The lowest BCUT2D eigenvalue weighted by molar-refractivity contribution is -0.120. The monoisotopic (exact) mass is 306 g/mol. The second-order valence-electron chi connectivity index (χ2n) is 4.80. The molecular formula is C16H16ClFN2O. The highest BCUT2D eigenvalue weighted by Crippen LogP contribution is 2.25. The normalized spacial score (nSPS) is 13.7. The summed E-state index contributed by atoms with van der Waals surface area (Å²) in [5.74, 6) is -0.887. The molecular weight excluding hydrogens is 291 g/mol. The smallest absolute Gasteiger partial charge is 0.239 e. The van der Waals surface area contributed by atoms with Crippen molar-refractivity contribution in [3.8, 4) is 0 Å². The summed E-state index contributed by atoms with van der Waals surface area (Å²) >= 11 is 6.14. The van der Waals surface area contributed by atoms with Gasteiger partial charge in [-0.2, -0.15) is 0 Å². The standard InChI is InChI=1S/C16H16ClFN2O/c1-10(13-4-2-3-5-14(13)17)20-15(16(19)21)11-6-8-12(18)9-7-11/h2-10,15,20H,1H3,(H2,19,21). The van der Waals surface area contributed by atoms with Crippen LogP contribution in [0, 0.1) is 5.82 Å². The van der Waals surface area contributed by atoms with E-state index in [4.69, 9.17) is 17.3 Å². The molecule has 0 fully saturated rings. The van der Waals surface area contributed by atoms with Crippen LogP contribution in [0.25, 0.3) is 0 Å². The fourth-order valence-corrected chi connectivity index (χ4v) is 2.46. The molecule has 2 aromatic carbocycles. The predicted molar refractivity (Wildman–Crippen MR) is 81.3 cm³/mol. The molecule has 0 saturated heterocycles. The summed E-state index contributed by atoms with van der Waals surface area (Å²) in [5, 5.41) is 3.74. The minimum absolute atomic E-state index is 0.179. The van der Waals surface area contributed by atoms with Crippen molar-refractivity contribution in [2.75, 3.05) is 0 Å². The average molecular weight is 307 g/mol. The van der Waals surface area contributed by atoms with Crippen LogP contribution in [0.5, 0.6) is 0 Å². The van der Waals surface area contributed by atoms with Gasteiger partial charge in [-0.25, -0.2) is 4.39 Å². The number of rotatable bonds is 5. The summed E-state index contributed by atoms with van der Waals surface area (Å²) in [4.78, 5) is 11.7. The molecule has 110 valence electrons. The number of hydrogen-bond donors (Lipinski definition) is 2. The van der Waals surface area contributed by atoms with Crippen LogP contribution in [0.1, 0.15) is 30.1 Å². The van der Waals surface area contributed by atoms with Crippen LogP contribution >= 0.6 is 11.6 Å². The van der Waals surface area contributed by atoms with Crippen LogP contribution < -0.4 is 11.1 Å². The third kappa shape index (κ3) is 3.80. The van der Waals surface area contributed by atoms with E-state index >= 15 is 0 Å². The highest BCUT2D eigenvalue weighted by atomic mass is 35.5. The molecule has 0 aliphatic rings. The average Bonchev–Trinajstić information content (AvgIpc) is 2.46. The maximum atomic E-state index is 13.0. The zero-order valence-corrected chi connectivity index (χ0v) is 12.3. The molecule has 0 radical (unpaired) electrons. The van der Waals surface area contributed by atoms with Gasteiger partial charge in [-0.1, -0.05) is 41.9 Å². The van der Waals surface area contributed by atoms with Gasteiger partial charge in [0.2, 0.25) is 5.91 Å². The number of carbonyl (C=O) groups excluding carboxylic acids is 1. The predicted octanol–water partition coefficient (Wildman–Crippen LogP) is 3.36. The molecule has 2 atom stereocenters. The molecule has 0 heterocycles. The zero-order chi connectivity index (χ0) is 15.4. The number of primary amides is 1. The lowest BCUT2D eigenvalue weighted by Gasteiger charge is -2.22. The van der Waals surface area contributed by atoms with Gasteiger partial charge in [0.1, 0.15) is 11.9 Å². The van der Waals surface area contributed by atoms with Crippen molar-refractivity contribution in [3.63, 3.8) is 0 Å². The summed E-state index contributed by atoms with van der Waals surface area (Å²) in [5.41, 5.74) is 6.92. The molecule has 21 heavy (non-hydrogen) atoms. The summed E-state index contributed by atoms with van der Waals surface area (Å²) < 4.78 is 13.0. The molecule has 0 aliphatic heterocycles. The minimum atomic E-state index is -0.711. The second kappa shape index (κ2) is 6.70. The van der Waals surface area contributed by atoms with E-state index in [0.717, 1.165) is 5.56 Å². The van der Waals surface area contributed by atoms with Crippen molar-refractivity contribution in [1.29, 1.82) is 0 Å². The number of carbonyl (C=O) groups is 1. The van der Waals surface area contributed by atoms with Gasteiger partial charge < -0.3 is 5.73 Å².